The number of phenols is 1. The third kappa shape index (κ3) is 4.76. The number of carbonyl (C=O) groups is 1. The predicted octanol–water partition coefficient (Wildman–Crippen LogP) is 2.34. The van der Waals surface area contributed by atoms with E-state index in [9.17, 15) is 9.90 Å². The van der Waals surface area contributed by atoms with Crippen LogP contribution in [0.3, 0.4) is 0 Å². The first-order valence-corrected chi connectivity index (χ1v) is 5.82. The van der Waals surface area contributed by atoms with Crippen LogP contribution in [0, 0.1) is 6.92 Å². The SMILES string of the molecule is CCCCC(=O)NCOc1cc(C)ccc1O. The van der Waals surface area contributed by atoms with Gasteiger partial charge < -0.3 is 15.2 Å². The molecule has 94 valence electrons. The highest BCUT2D eigenvalue weighted by Crippen LogP contribution is 2.26. The second-order valence-electron chi connectivity index (χ2n) is 3.96. The monoisotopic (exact) mass is 237 g/mol. The van der Waals surface area contributed by atoms with E-state index >= 15 is 0 Å². The largest absolute Gasteiger partial charge is 0.504 e. The molecule has 0 aromatic heterocycles. The van der Waals surface area contributed by atoms with E-state index in [0.29, 0.717) is 12.2 Å². The van der Waals surface area contributed by atoms with Gasteiger partial charge in [0, 0.05) is 6.42 Å². The summed E-state index contributed by atoms with van der Waals surface area (Å²) < 4.78 is 5.29. The molecule has 0 fully saturated rings. The average molecular weight is 237 g/mol. The standard InChI is InChI=1S/C13H19NO3/c1-3-4-5-13(16)14-9-17-12-8-10(2)6-7-11(12)15/h6-8,15H,3-5,9H2,1-2H3,(H,14,16). The lowest BCUT2D eigenvalue weighted by Crippen LogP contribution is -2.27. The highest BCUT2D eigenvalue weighted by molar-refractivity contribution is 5.75. The summed E-state index contributed by atoms with van der Waals surface area (Å²) in [5.74, 6) is 0.443. The van der Waals surface area contributed by atoms with E-state index in [-0.39, 0.29) is 18.4 Å². The number of nitrogens with one attached hydrogen (secondary N) is 1. The number of unbranched alkanes of at least 4 members (excludes halogenated alkanes) is 1. The fourth-order valence-electron chi connectivity index (χ4n) is 1.36. The van der Waals surface area contributed by atoms with Crippen LogP contribution < -0.4 is 10.1 Å². The van der Waals surface area contributed by atoms with Crippen molar-refractivity contribution in [2.45, 2.75) is 33.1 Å². The molecule has 2 N–H and O–H groups in total. The molecule has 1 rings (SSSR count). The van der Waals surface area contributed by atoms with Crippen molar-refractivity contribution in [1.29, 1.82) is 0 Å². The minimum Gasteiger partial charge on any atom is -0.504 e. The van der Waals surface area contributed by atoms with E-state index in [1.165, 1.54) is 0 Å². The maximum absolute atomic E-state index is 11.3. The molecule has 0 heterocycles. The Kier molecular flexibility index (Phi) is 5.33. The number of hydrogen-bond acceptors (Lipinski definition) is 3. The summed E-state index contributed by atoms with van der Waals surface area (Å²) in [6.45, 7) is 4.03. The van der Waals surface area contributed by atoms with E-state index in [2.05, 4.69) is 5.32 Å². The van der Waals surface area contributed by atoms with Crippen LogP contribution in [0.1, 0.15) is 31.7 Å². The molecule has 0 spiro atoms. The number of rotatable bonds is 6. The molecule has 1 amide bonds. The zero-order valence-electron chi connectivity index (χ0n) is 10.3. The highest BCUT2D eigenvalue weighted by Gasteiger charge is 2.03. The maximum atomic E-state index is 11.3. The Hall–Kier alpha value is -1.71. The summed E-state index contributed by atoms with van der Waals surface area (Å²) in [4.78, 5) is 11.3. The molecule has 0 bridgehead atoms. The summed E-state index contributed by atoms with van der Waals surface area (Å²) in [6.07, 6.45) is 2.38. The molecule has 0 radical (unpaired) electrons. The second kappa shape index (κ2) is 6.78. The van der Waals surface area contributed by atoms with Gasteiger partial charge in [0.25, 0.3) is 0 Å². The van der Waals surface area contributed by atoms with Gasteiger partial charge in [-0.05, 0) is 31.0 Å². The third-order valence-electron chi connectivity index (χ3n) is 2.37. The van der Waals surface area contributed by atoms with Crippen LogP contribution in [0.15, 0.2) is 18.2 Å². The summed E-state index contributed by atoms with van der Waals surface area (Å²) >= 11 is 0. The average Bonchev–Trinajstić information content (AvgIpc) is 2.31. The Morgan fingerprint density at radius 2 is 2.24 bits per heavy atom. The summed E-state index contributed by atoms with van der Waals surface area (Å²) in [5, 5.41) is 12.1. The van der Waals surface area contributed by atoms with E-state index in [0.717, 1.165) is 18.4 Å². The van der Waals surface area contributed by atoms with Gasteiger partial charge in [-0.3, -0.25) is 4.79 Å². The zero-order chi connectivity index (χ0) is 12.7. The molecule has 0 atom stereocenters. The van der Waals surface area contributed by atoms with Gasteiger partial charge in [-0.2, -0.15) is 0 Å². The smallest absolute Gasteiger partial charge is 0.222 e. The van der Waals surface area contributed by atoms with E-state index < -0.39 is 0 Å². The summed E-state index contributed by atoms with van der Waals surface area (Å²) in [6, 6.07) is 5.10. The van der Waals surface area contributed by atoms with Crippen molar-refractivity contribution in [1.82, 2.24) is 5.32 Å². The number of carbonyl (C=O) groups excluding carboxylic acids is 1. The van der Waals surface area contributed by atoms with Crippen LogP contribution in [0.25, 0.3) is 0 Å². The van der Waals surface area contributed by atoms with Crippen molar-refractivity contribution in [3.63, 3.8) is 0 Å². The Morgan fingerprint density at radius 1 is 1.47 bits per heavy atom. The van der Waals surface area contributed by atoms with Crippen LogP contribution in [0.5, 0.6) is 11.5 Å². The summed E-state index contributed by atoms with van der Waals surface area (Å²) in [7, 11) is 0. The van der Waals surface area contributed by atoms with E-state index in [1.54, 1.807) is 18.2 Å². The number of hydrogen-bond donors (Lipinski definition) is 2. The molecular weight excluding hydrogens is 218 g/mol. The quantitative estimate of drug-likeness (QED) is 0.747. The predicted molar refractivity (Wildman–Crippen MR) is 66.0 cm³/mol. The Balaban J connectivity index is 2.35. The van der Waals surface area contributed by atoms with Gasteiger partial charge in [0.05, 0.1) is 0 Å². The lowest BCUT2D eigenvalue weighted by Gasteiger charge is -2.09. The van der Waals surface area contributed by atoms with Gasteiger partial charge in [-0.1, -0.05) is 19.4 Å². The molecule has 0 aliphatic carbocycles. The highest BCUT2D eigenvalue weighted by atomic mass is 16.5. The fourth-order valence-corrected chi connectivity index (χ4v) is 1.36. The van der Waals surface area contributed by atoms with Gasteiger partial charge in [0.2, 0.25) is 5.91 Å². The molecule has 0 aliphatic rings. The molecule has 17 heavy (non-hydrogen) atoms. The van der Waals surface area contributed by atoms with Crippen molar-refractivity contribution in [3.8, 4) is 11.5 Å². The number of amides is 1. The Bertz CT molecular complexity index is 377. The second-order valence-corrected chi connectivity index (χ2v) is 3.96. The molecule has 4 heteroatoms. The molecule has 1 aromatic carbocycles. The Morgan fingerprint density at radius 3 is 2.94 bits per heavy atom. The molecule has 0 saturated carbocycles. The Labute approximate surface area is 102 Å². The minimum absolute atomic E-state index is 0.0287. The normalized spacial score (nSPS) is 10.0. The molecular formula is C13H19NO3. The first-order chi connectivity index (χ1) is 8.13. The van der Waals surface area contributed by atoms with Crippen LogP contribution >= 0.6 is 0 Å². The van der Waals surface area contributed by atoms with Gasteiger partial charge in [0.1, 0.15) is 0 Å². The first-order valence-electron chi connectivity index (χ1n) is 5.82. The number of benzene rings is 1. The number of aryl methyl sites for hydroxylation is 1. The van der Waals surface area contributed by atoms with Crippen molar-refractivity contribution >= 4 is 5.91 Å². The van der Waals surface area contributed by atoms with Crippen molar-refractivity contribution in [3.05, 3.63) is 23.8 Å². The van der Waals surface area contributed by atoms with Crippen LogP contribution in [-0.2, 0) is 4.79 Å². The number of aromatic hydroxyl groups is 1. The zero-order valence-corrected chi connectivity index (χ0v) is 10.3. The first kappa shape index (κ1) is 13.4. The maximum Gasteiger partial charge on any atom is 0.222 e. The lowest BCUT2D eigenvalue weighted by atomic mass is 10.2. The van der Waals surface area contributed by atoms with Crippen LogP contribution in [-0.4, -0.2) is 17.7 Å². The van der Waals surface area contributed by atoms with Crippen LogP contribution in [0.2, 0.25) is 0 Å². The summed E-state index contributed by atoms with van der Waals surface area (Å²) in [5.41, 5.74) is 0.995. The lowest BCUT2D eigenvalue weighted by molar-refractivity contribution is -0.122. The number of ether oxygens (including phenoxy) is 1. The molecule has 0 unspecified atom stereocenters. The van der Waals surface area contributed by atoms with E-state index in [1.807, 2.05) is 13.8 Å². The molecule has 1 aromatic rings. The van der Waals surface area contributed by atoms with Gasteiger partial charge in [0.15, 0.2) is 18.2 Å². The minimum atomic E-state index is -0.0287. The topological polar surface area (TPSA) is 58.6 Å². The fraction of sp³-hybridized carbons (Fsp3) is 0.462. The molecule has 0 saturated heterocycles. The molecule has 0 aliphatic heterocycles. The van der Waals surface area contributed by atoms with E-state index in [4.69, 9.17) is 4.74 Å². The van der Waals surface area contributed by atoms with Crippen molar-refractivity contribution in [2.75, 3.05) is 6.73 Å². The molecule has 4 nitrogen and oxygen atoms in total. The van der Waals surface area contributed by atoms with Gasteiger partial charge in [-0.25, -0.2) is 0 Å². The van der Waals surface area contributed by atoms with Crippen LogP contribution in [0.4, 0.5) is 0 Å². The van der Waals surface area contributed by atoms with Gasteiger partial charge in [-0.15, -0.1) is 0 Å². The van der Waals surface area contributed by atoms with Crippen molar-refractivity contribution in [2.24, 2.45) is 0 Å². The number of phenolic OH excluding ortho intramolecular Hbond substituents is 1. The van der Waals surface area contributed by atoms with Gasteiger partial charge >= 0.3 is 0 Å². The van der Waals surface area contributed by atoms with Crippen molar-refractivity contribution < 1.29 is 14.6 Å². The third-order valence-corrected chi connectivity index (χ3v) is 2.37.